The van der Waals surface area contributed by atoms with E-state index in [0.29, 0.717) is 29.8 Å². The van der Waals surface area contributed by atoms with Crippen molar-refractivity contribution in [2.45, 2.75) is 19.8 Å². The van der Waals surface area contributed by atoms with E-state index in [-0.39, 0.29) is 29.5 Å². The van der Waals surface area contributed by atoms with Crippen LogP contribution in [-0.2, 0) is 11.2 Å². The molecule has 7 heteroatoms. The minimum atomic E-state index is -0.397. The SMILES string of the molecule is CCC(=O)Nc1ccc(NC(=O)c2ccc3c(c2)C(=O)N(CCc2ccccc2)C3=O)cc1. The second-order valence-corrected chi connectivity index (χ2v) is 7.69. The van der Waals surface area contributed by atoms with E-state index in [1.807, 2.05) is 30.3 Å². The van der Waals surface area contributed by atoms with Crippen molar-refractivity contribution in [3.63, 3.8) is 0 Å². The zero-order valence-corrected chi connectivity index (χ0v) is 18.1. The molecule has 3 aromatic rings. The van der Waals surface area contributed by atoms with Crippen LogP contribution in [0.1, 0.15) is 50.0 Å². The third kappa shape index (κ3) is 4.82. The molecule has 0 spiro atoms. The maximum absolute atomic E-state index is 12.9. The molecule has 0 radical (unpaired) electrons. The molecule has 1 aliphatic rings. The second-order valence-electron chi connectivity index (χ2n) is 7.69. The fourth-order valence-corrected chi connectivity index (χ4v) is 3.61. The number of nitrogens with zero attached hydrogens (tertiary/aromatic N) is 1. The van der Waals surface area contributed by atoms with Gasteiger partial charge in [0.05, 0.1) is 11.1 Å². The number of carbonyl (C=O) groups is 4. The van der Waals surface area contributed by atoms with Gasteiger partial charge in [-0.25, -0.2) is 0 Å². The van der Waals surface area contributed by atoms with Crippen LogP contribution in [0.3, 0.4) is 0 Å². The predicted molar refractivity (Wildman–Crippen MR) is 125 cm³/mol. The highest BCUT2D eigenvalue weighted by Crippen LogP contribution is 2.25. The van der Waals surface area contributed by atoms with Gasteiger partial charge in [0.25, 0.3) is 17.7 Å². The van der Waals surface area contributed by atoms with Crippen LogP contribution < -0.4 is 10.6 Å². The number of hydrogen-bond acceptors (Lipinski definition) is 4. The van der Waals surface area contributed by atoms with Gasteiger partial charge in [-0.05, 0) is 54.4 Å². The van der Waals surface area contributed by atoms with Gasteiger partial charge in [-0.2, -0.15) is 0 Å². The van der Waals surface area contributed by atoms with Crippen LogP contribution in [-0.4, -0.2) is 35.1 Å². The van der Waals surface area contributed by atoms with Gasteiger partial charge in [0.15, 0.2) is 0 Å². The van der Waals surface area contributed by atoms with Gasteiger partial charge in [0.1, 0.15) is 0 Å². The number of anilines is 2. The summed E-state index contributed by atoms with van der Waals surface area (Å²) in [5.41, 5.74) is 3.04. The average Bonchev–Trinajstić information content (AvgIpc) is 3.08. The maximum Gasteiger partial charge on any atom is 0.261 e. The first-order valence-corrected chi connectivity index (χ1v) is 10.7. The summed E-state index contributed by atoms with van der Waals surface area (Å²) in [7, 11) is 0. The first-order chi connectivity index (χ1) is 16.0. The molecule has 0 saturated heterocycles. The summed E-state index contributed by atoms with van der Waals surface area (Å²) < 4.78 is 0. The van der Waals surface area contributed by atoms with Crippen LogP contribution in [0.2, 0.25) is 0 Å². The Balaban J connectivity index is 1.44. The number of carbonyl (C=O) groups excluding carboxylic acids is 4. The molecule has 7 nitrogen and oxygen atoms in total. The van der Waals surface area contributed by atoms with Crippen molar-refractivity contribution in [2.75, 3.05) is 17.2 Å². The molecular formula is C26H23N3O4. The molecule has 0 bridgehead atoms. The van der Waals surface area contributed by atoms with Crippen LogP contribution in [0.4, 0.5) is 11.4 Å². The molecule has 0 aliphatic carbocycles. The minimum absolute atomic E-state index is 0.0954. The summed E-state index contributed by atoms with van der Waals surface area (Å²) in [6.07, 6.45) is 0.941. The Morgan fingerprint density at radius 3 is 2.09 bits per heavy atom. The van der Waals surface area contributed by atoms with Crippen LogP contribution in [0.25, 0.3) is 0 Å². The molecule has 3 aromatic carbocycles. The fraction of sp³-hybridized carbons (Fsp3) is 0.154. The lowest BCUT2D eigenvalue weighted by molar-refractivity contribution is -0.115. The van der Waals surface area contributed by atoms with Crippen molar-refractivity contribution in [1.29, 1.82) is 0 Å². The Bertz CT molecular complexity index is 1220. The Labute approximate surface area is 191 Å². The normalized spacial score (nSPS) is 12.5. The van der Waals surface area contributed by atoms with Crippen LogP contribution >= 0.6 is 0 Å². The number of imide groups is 1. The first-order valence-electron chi connectivity index (χ1n) is 10.7. The molecule has 0 saturated carbocycles. The summed E-state index contributed by atoms with van der Waals surface area (Å²) in [6.45, 7) is 2.04. The molecule has 0 atom stereocenters. The lowest BCUT2D eigenvalue weighted by Gasteiger charge is -2.13. The number of hydrogen-bond donors (Lipinski definition) is 2. The number of amides is 4. The maximum atomic E-state index is 12.9. The first kappa shape index (κ1) is 22.0. The highest BCUT2D eigenvalue weighted by Gasteiger charge is 2.35. The van der Waals surface area contributed by atoms with Crippen LogP contribution in [0, 0.1) is 0 Å². The molecular weight excluding hydrogens is 418 g/mol. The minimum Gasteiger partial charge on any atom is -0.326 e. The zero-order chi connectivity index (χ0) is 23.4. The van der Waals surface area contributed by atoms with E-state index >= 15 is 0 Å². The number of rotatable bonds is 7. The van der Waals surface area contributed by atoms with Crippen molar-refractivity contribution < 1.29 is 19.2 Å². The molecule has 2 N–H and O–H groups in total. The highest BCUT2D eigenvalue weighted by atomic mass is 16.2. The Hall–Kier alpha value is -4.26. The molecule has 33 heavy (non-hydrogen) atoms. The monoisotopic (exact) mass is 441 g/mol. The van der Waals surface area contributed by atoms with Crippen LogP contribution in [0.5, 0.6) is 0 Å². The van der Waals surface area contributed by atoms with Crippen LogP contribution in [0.15, 0.2) is 72.8 Å². The molecule has 166 valence electrons. The Morgan fingerprint density at radius 1 is 0.788 bits per heavy atom. The van der Waals surface area contributed by atoms with Gasteiger partial charge in [-0.15, -0.1) is 0 Å². The van der Waals surface area contributed by atoms with Gasteiger partial charge < -0.3 is 10.6 Å². The molecule has 0 fully saturated rings. The van der Waals surface area contributed by atoms with Gasteiger partial charge >= 0.3 is 0 Å². The predicted octanol–water partition coefficient (Wildman–Crippen LogP) is 4.13. The van der Waals surface area contributed by atoms with Crippen molar-refractivity contribution in [2.24, 2.45) is 0 Å². The summed E-state index contributed by atoms with van der Waals surface area (Å²) in [4.78, 5) is 51.0. The highest BCUT2D eigenvalue weighted by molar-refractivity contribution is 6.22. The van der Waals surface area contributed by atoms with E-state index in [4.69, 9.17) is 0 Å². The number of benzene rings is 3. The third-order valence-electron chi connectivity index (χ3n) is 5.45. The van der Waals surface area contributed by atoms with Crippen molar-refractivity contribution in [3.8, 4) is 0 Å². The lowest BCUT2D eigenvalue weighted by atomic mass is 10.1. The lowest BCUT2D eigenvalue weighted by Crippen LogP contribution is -2.31. The summed E-state index contributed by atoms with van der Waals surface area (Å²) >= 11 is 0. The Kier molecular flexibility index (Phi) is 6.31. The van der Waals surface area contributed by atoms with Gasteiger partial charge in [-0.1, -0.05) is 37.3 Å². The standard InChI is InChI=1S/C26H23N3O4/c1-2-23(30)27-19-9-11-20(12-10-19)28-24(31)18-8-13-21-22(16-18)26(33)29(25(21)32)15-14-17-6-4-3-5-7-17/h3-13,16H,2,14-15H2,1H3,(H,27,30)(H,28,31). The van der Waals surface area contributed by atoms with E-state index in [2.05, 4.69) is 10.6 Å². The quantitative estimate of drug-likeness (QED) is 0.539. The second kappa shape index (κ2) is 9.48. The van der Waals surface area contributed by atoms with E-state index in [1.54, 1.807) is 31.2 Å². The summed E-state index contributed by atoms with van der Waals surface area (Å²) in [6, 6.07) is 20.9. The number of nitrogens with one attached hydrogen (secondary N) is 2. The Morgan fingerprint density at radius 2 is 1.42 bits per heavy atom. The fourth-order valence-electron chi connectivity index (χ4n) is 3.61. The molecule has 0 unspecified atom stereocenters. The largest absolute Gasteiger partial charge is 0.326 e. The summed E-state index contributed by atoms with van der Waals surface area (Å²) in [5, 5.41) is 5.51. The van der Waals surface area contributed by atoms with E-state index in [9.17, 15) is 19.2 Å². The van der Waals surface area contributed by atoms with Gasteiger partial charge in [-0.3, -0.25) is 24.1 Å². The van der Waals surface area contributed by atoms with Crippen molar-refractivity contribution in [1.82, 2.24) is 4.90 Å². The van der Waals surface area contributed by atoms with E-state index < -0.39 is 11.8 Å². The third-order valence-corrected chi connectivity index (χ3v) is 5.45. The summed E-state index contributed by atoms with van der Waals surface area (Å²) in [5.74, 6) is -1.23. The average molecular weight is 441 g/mol. The van der Waals surface area contributed by atoms with Crippen molar-refractivity contribution >= 4 is 35.0 Å². The number of fused-ring (bicyclic) bond motifs is 1. The van der Waals surface area contributed by atoms with E-state index in [1.165, 1.54) is 23.1 Å². The van der Waals surface area contributed by atoms with Gasteiger partial charge in [0, 0.05) is 29.9 Å². The molecule has 4 amide bonds. The van der Waals surface area contributed by atoms with Crippen molar-refractivity contribution in [3.05, 3.63) is 95.1 Å². The van der Waals surface area contributed by atoms with E-state index in [0.717, 1.165) is 5.56 Å². The van der Waals surface area contributed by atoms with Gasteiger partial charge in [0.2, 0.25) is 5.91 Å². The molecule has 4 rings (SSSR count). The molecule has 0 aromatic heterocycles. The topological polar surface area (TPSA) is 95.6 Å². The molecule has 1 aliphatic heterocycles. The smallest absolute Gasteiger partial charge is 0.261 e. The molecule has 1 heterocycles. The zero-order valence-electron chi connectivity index (χ0n) is 18.1.